The molecule has 0 atom stereocenters. The fourth-order valence-electron chi connectivity index (χ4n) is 1.08. The first-order valence-corrected chi connectivity index (χ1v) is 3.76. The molecule has 0 radical (unpaired) electrons. The van der Waals surface area contributed by atoms with Gasteiger partial charge in [0.15, 0.2) is 0 Å². The summed E-state index contributed by atoms with van der Waals surface area (Å²) in [6, 6.07) is 4.10. The third-order valence-corrected chi connectivity index (χ3v) is 1.71. The lowest BCUT2D eigenvalue weighted by molar-refractivity contribution is -0.383. The minimum atomic E-state index is -1.07. The maximum Gasteiger partial charge on any atom is 0.307 e. The Kier molecular flexibility index (Phi) is 2.66. The van der Waals surface area contributed by atoms with Crippen LogP contribution in [-0.2, 0) is 11.2 Å². The van der Waals surface area contributed by atoms with Crippen LogP contribution < -0.4 is 5.73 Å². The van der Waals surface area contributed by atoms with Crippen molar-refractivity contribution in [3.05, 3.63) is 33.9 Å². The molecule has 0 aliphatic carbocycles. The predicted octanol–water partition coefficient (Wildman–Crippen LogP) is 0.804. The van der Waals surface area contributed by atoms with Crippen LogP contribution in [0, 0.1) is 10.1 Å². The smallest absolute Gasteiger partial charge is 0.307 e. The van der Waals surface area contributed by atoms with Crippen molar-refractivity contribution in [1.29, 1.82) is 0 Å². The molecule has 0 unspecified atom stereocenters. The molecule has 6 nitrogen and oxygen atoms in total. The molecule has 0 saturated carbocycles. The Balaban J connectivity index is 3.13. The Labute approximate surface area is 79.1 Å². The summed E-state index contributed by atoms with van der Waals surface area (Å²) in [5.74, 6) is -1.07. The molecule has 0 amide bonds. The number of aliphatic carboxylic acids is 1. The predicted molar refractivity (Wildman–Crippen MR) is 48.8 cm³/mol. The van der Waals surface area contributed by atoms with Gasteiger partial charge < -0.3 is 10.8 Å². The molecule has 6 heteroatoms. The third kappa shape index (κ3) is 1.98. The van der Waals surface area contributed by atoms with Gasteiger partial charge in [0.25, 0.3) is 5.69 Å². The molecule has 1 aromatic carbocycles. The zero-order valence-electron chi connectivity index (χ0n) is 7.14. The molecule has 0 bridgehead atoms. The number of carboxylic acid groups (broad SMARTS) is 1. The number of carbonyl (C=O) groups is 1. The molecule has 3 N–H and O–H groups in total. The molecule has 14 heavy (non-hydrogen) atoms. The summed E-state index contributed by atoms with van der Waals surface area (Å²) in [6.07, 6.45) is -0.312. The summed E-state index contributed by atoms with van der Waals surface area (Å²) in [5.41, 5.74) is 5.34. The van der Waals surface area contributed by atoms with Gasteiger partial charge in [-0.25, -0.2) is 0 Å². The van der Waals surface area contributed by atoms with Gasteiger partial charge in [0.05, 0.1) is 11.3 Å². The number of nitro groups is 1. The Morgan fingerprint density at radius 1 is 1.57 bits per heavy atom. The molecule has 0 spiro atoms. The molecule has 74 valence electrons. The second kappa shape index (κ2) is 3.73. The van der Waals surface area contributed by atoms with E-state index < -0.39 is 10.9 Å². The van der Waals surface area contributed by atoms with E-state index in [9.17, 15) is 14.9 Å². The largest absolute Gasteiger partial charge is 0.481 e. The maximum absolute atomic E-state index is 10.4. The van der Waals surface area contributed by atoms with Crippen LogP contribution in [0.4, 0.5) is 11.4 Å². The lowest BCUT2D eigenvalue weighted by atomic mass is 10.1. The van der Waals surface area contributed by atoms with E-state index in [2.05, 4.69) is 0 Å². The Morgan fingerprint density at radius 3 is 2.71 bits per heavy atom. The van der Waals surface area contributed by atoms with Crippen LogP contribution in [0.25, 0.3) is 0 Å². The van der Waals surface area contributed by atoms with E-state index in [4.69, 9.17) is 10.8 Å². The molecule has 0 aliphatic heterocycles. The molecule has 0 saturated heterocycles. The van der Waals surface area contributed by atoms with Crippen molar-refractivity contribution in [1.82, 2.24) is 0 Å². The Hall–Kier alpha value is -2.11. The fraction of sp³-hybridized carbons (Fsp3) is 0.125. The summed E-state index contributed by atoms with van der Waals surface area (Å²) in [7, 11) is 0. The first kappa shape index (κ1) is 9.97. The number of nitrogens with two attached hydrogens (primary N) is 1. The van der Waals surface area contributed by atoms with Crippen molar-refractivity contribution < 1.29 is 14.8 Å². The second-order valence-electron chi connectivity index (χ2n) is 2.68. The summed E-state index contributed by atoms with van der Waals surface area (Å²) >= 11 is 0. The molecule has 1 rings (SSSR count). The highest BCUT2D eigenvalue weighted by Gasteiger charge is 2.15. The zero-order chi connectivity index (χ0) is 10.7. The van der Waals surface area contributed by atoms with Crippen LogP contribution in [0.15, 0.2) is 18.2 Å². The molecular weight excluding hydrogens is 188 g/mol. The number of para-hydroxylation sites is 1. The second-order valence-corrected chi connectivity index (χ2v) is 2.68. The number of benzene rings is 1. The van der Waals surface area contributed by atoms with E-state index in [0.717, 1.165) is 0 Å². The van der Waals surface area contributed by atoms with Gasteiger partial charge in [-0.15, -0.1) is 0 Å². The molecular formula is C8H8N2O4. The average Bonchev–Trinajstić information content (AvgIpc) is 2.07. The van der Waals surface area contributed by atoms with E-state index in [1.165, 1.54) is 18.2 Å². The van der Waals surface area contributed by atoms with Crippen molar-refractivity contribution in [3.8, 4) is 0 Å². The van der Waals surface area contributed by atoms with Crippen LogP contribution >= 0.6 is 0 Å². The van der Waals surface area contributed by atoms with Crippen molar-refractivity contribution in [2.24, 2.45) is 0 Å². The number of hydrogen-bond acceptors (Lipinski definition) is 4. The number of carboxylic acids is 1. The molecule has 0 aliphatic rings. The minimum absolute atomic E-state index is 0.0834. The highest BCUT2D eigenvalue weighted by molar-refractivity contribution is 5.75. The van der Waals surface area contributed by atoms with E-state index in [0.29, 0.717) is 0 Å². The monoisotopic (exact) mass is 196 g/mol. The summed E-state index contributed by atoms with van der Waals surface area (Å²) in [5, 5.41) is 18.9. The van der Waals surface area contributed by atoms with Crippen LogP contribution in [0.3, 0.4) is 0 Å². The zero-order valence-corrected chi connectivity index (χ0v) is 7.14. The van der Waals surface area contributed by atoms with Gasteiger partial charge in [0, 0.05) is 6.07 Å². The number of anilines is 1. The number of nitrogen functional groups attached to an aromatic ring is 1. The Morgan fingerprint density at radius 2 is 2.21 bits per heavy atom. The normalized spacial score (nSPS) is 9.71. The highest BCUT2D eigenvalue weighted by Crippen LogP contribution is 2.24. The third-order valence-electron chi connectivity index (χ3n) is 1.71. The quantitative estimate of drug-likeness (QED) is 0.422. The van der Waals surface area contributed by atoms with Crippen molar-refractivity contribution in [3.63, 3.8) is 0 Å². The lowest BCUT2D eigenvalue weighted by Crippen LogP contribution is -2.05. The number of rotatable bonds is 3. The van der Waals surface area contributed by atoms with Crippen molar-refractivity contribution in [2.45, 2.75) is 6.42 Å². The van der Waals surface area contributed by atoms with Crippen LogP contribution in [0.1, 0.15) is 5.56 Å². The summed E-state index contributed by atoms with van der Waals surface area (Å²) in [6.45, 7) is 0. The highest BCUT2D eigenvalue weighted by atomic mass is 16.6. The van der Waals surface area contributed by atoms with Gasteiger partial charge in [0.1, 0.15) is 5.69 Å². The van der Waals surface area contributed by atoms with Gasteiger partial charge >= 0.3 is 5.97 Å². The fourth-order valence-corrected chi connectivity index (χ4v) is 1.08. The van der Waals surface area contributed by atoms with Gasteiger partial charge in [-0.05, 0) is 5.56 Å². The van der Waals surface area contributed by atoms with E-state index in [1.807, 2.05) is 0 Å². The topological polar surface area (TPSA) is 106 Å². The molecule has 0 fully saturated rings. The van der Waals surface area contributed by atoms with Crippen molar-refractivity contribution >= 4 is 17.3 Å². The van der Waals surface area contributed by atoms with Crippen LogP contribution in [-0.4, -0.2) is 16.0 Å². The number of hydrogen-bond donors (Lipinski definition) is 2. The SMILES string of the molecule is Nc1c(CC(=O)O)cccc1[N+](=O)[O-]. The molecule has 1 aromatic rings. The molecule has 0 heterocycles. The van der Waals surface area contributed by atoms with E-state index in [1.54, 1.807) is 0 Å². The summed E-state index contributed by atoms with van der Waals surface area (Å²) in [4.78, 5) is 20.2. The van der Waals surface area contributed by atoms with Gasteiger partial charge in [0.2, 0.25) is 0 Å². The van der Waals surface area contributed by atoms with Crippen molar-refractivity contribution in [2.75, 3.05) is 5.73 Å². The van der Waals surface area contributed by atoms with Gasteiger partial charge in [-0.3, -0.25) is 14.9 Å². The summed E-state index contributed by atoms with van der Waals surface area (Å²) < 4.78 is 0. The van der Waals surface area contributed by atoms with Gasteiger partial charge in [-0.1, -0.05) is 12.1 Å². The maximum atomic E-state index is 10.4. The van der Waals surface area contributed by atoms with E-state index >= 15 is 0 Å². The van der Waals surface area contributed by atoms with E-state index in [-0.39, 0.29) is 23.4 Å². The Bertz CT molecular complexity index is 389. The van der Waals surface area contributed by atoms with Gasteiger partial charge in [-0.2, -0.15) is 0 Å². The first-order chi connectivity index (χ1) is 6.52. The number of nitro benzene ring substituents is 1. The first-order valence-electron chi connectivity index (χ1n) is 3.76. The average molecular weight is 196 g/mol. The molecule has 0 aromatic heterocycles. The van der Waals surface area contributed by atoms with Crippen LogP contribution in [0.5, 0.6) is 0 Å². The lowest BCUT2D eigenvalue weighted by Gasteiger charge is -2.02. The van der Waals surface area contributed by atoms with Crippen LogP contribution in [0.2, 0.25) is 0 Å². The standard InChI is InChI=1S/C8H8N2O4/c9-8-5(4-7(11)12)2-1-3-6(8)10(13)14/h1-3H,4,9H2,(H,11,12). The minimum Gasteiger partial charge on any atom is -0.481 e. The number of nitrogens with zero attached hydrogens (tertiary/aromatic N) is 1.